The lowest BCUT2D eigenvalue weighted by Crippen LogP contribution is -2.41. The first-order valence-corrected chi connectivity index (χ1v) is 10.3. The van der Waals surface area contributed by atoms with Gasteiger partial charge in [0.15, 0.2) is 0 Å². The minimum Gasteiger partial charge on any atom is -0.491 e. The number of aromatic nitrogens is 2. The van der Waals surface area contributed by atoms with Crippen molar-refractivity contribution in [2.75, 3.05) is 31.6 Å². The van der Waals surface area contributed by atoms with Crippen LogP contribution in [0.15, 0.2) is 24.5 Å². The van der Waals surface area contributed by atoms with Crippen molar-refractivity contribution in [2.45, 2.75) is 57.1 Å². The van der Waals surface area contributed by atoms with Crippen molar-refractivity contribution >= 4 is 41.5 Å². The van der Waals surface area contributed by atoms with Crippen molar-refractivity contribution in [1.82, 2.24) is 15.3 Å². The Labute approximate surface area is 185 Å². The number of hydrogen-bond donors (Lipinski definition) is 2. The van der Waals surface area contributed by atoms with Crippen molar-refractivity contribution < 1.29 is 9.47 Å². The van der Waals surface area contributed by atoms with Gasteiger partial charge in [-0.05, 0) is 31.0 Å². The molecule has 0 bridgehead atoms. The van der Waals surface area contributed by atoms with Gasteiger partial charge in [0, 0.05) is 24.5 Å². The Morgan fingerprint density at radius 1 is 1.07 bits per heavy atom. The Morgan fingerprint density at radius 3 is 2.62 bits per heavy atom. The van der Waals surface area contributed by atoms with Crippen molar-refractivity contribution in [3.05, 3.63) is 24.5 Å². The Morgan fingerprint density at radius 2 is 1.86 bits per heavy atom. The Balaban J connectivity index is 0.00000150. The number of hydrogen-bond acceptors (Lipinski definition) is 6. The second-order valence-corrected chi connectivity index (χ2v) is 7.60. The molecular formula is C21H32Cl2N4O2. The normalized spacial score (nSPS) is 20.6. The number of nitrogens with one attached hydrogen (secondary N) is 2. The SMILES string of the molecule is Cl.Cl.c1nc(NC2CCCCCCC2)c2cc(OCC3CNCCO3)ccc2n1. The molecule has 4 rings (SSSR count). The van der Waals surface area contributed by atoms with Gasteiger partial charge in [0.25, 0.3) is 0 Å². The van der Waals surface area contributed by atoms with Gasteiger partial charge >= 0.3 is 0 Å². The summed E-state index contributed by atoms with van der Waals surface area (Å²) in [6.45, 7) is 3.05. The molecule has 8 heteroatoms. The van der Waals surface area contributed by atoms with Crippen LogP contribution in [-0.4, -0.2) is 48.4 Å². The zero-order chi connectivity index (χ0) is 18.3. The quantitative estimate of drug-likeness (QED) is 0.716. The van der Waals surface area contributed by atoms with E-state index in [2.05, 4.69) is 26.7 Å². The molecule has 0 radical (unpaired) electrons. The molecule has 1 aliphatic carbocycles. The van der Waals surface area contributed by atoms with Crippen LogP contribution in [0.3, 0.4) is 0 Å². The highest BCUT2D eigenvalue weighted by atomic mass is 35.5. The number of ether oxygens (including phenoxy) is 2. The average Bonchev–Trinajstić information content (AvgIpc) is 2.69. The summed E-state index contributed by atoms with van der Waals surface area (Å²) >= 11 is 0. The van der Waals surface area contributed by atoms with E-state index in [0.29, 0.717) is 12.6 Å². The van der Waals surface area contributed by atoms with E-state index in [-0.39, 0.29) is 30.9 Å². The first-order valence-electron chi connectivity index (χ1n) is 10.3. The Hall–Kier alpha value is -1.34. The molecule has 2 aliphatic rings. The summed E-state index contributed by atoms with van der Waals surface area (Å²) in [5, 5.41) is 8.04. The highest BCUT2D eigenvalue weighted by Crippen LogP contribution is 2.27. The van der Waals surface area contributed by atoms with E-state index in [0.717, 1.165) is 42.2 Å². The van der Waals surface area contributed by atoms with Gasteiger partial charge in [-0.3, -0.25) is 0 Å². The number of rotatable bonds is 5. The Bertz CT molecular complexity index is 736. The summed E-state index contributed by atoms with van der Waals surface area (Å²) in [6.07, 6.45) is 10.8. The maximum Gasteiger partial charge on any atom is 0.137 e. The lowest BCUT2D eigenvalue weighted by atomic mass is 9.96. The zero-order valence-corrected chi connectivity index (χ0v) is 18.4. The van der Waals surface area contributed by atoms with Crippen LogP contribution >= 0.6 is 24.8 Å². The van der Waals surface area contributed by atoms with Gasteiger partial charge < -0.3 is 20.1 Å². The van der Waals surface area contributed by atoms with E-state index < -0.39 is 0 Å². The molecule has 2 fully saturated rings. The molecular weight excluding hydrogens is 411 g/mol. The van der Waals surface area contributed by atoms with Gasteiger partial charge in [0.05, 0.1) is 12.1 Å². The highest BCUT2D eigenvalue weighted by molar-refractivity contribution is 5.90. The minimum absolute atomic E-state index is 0. The molecule has 1 aromatic heterocycles. The van der Waals surface area contributed by atoms with E-state index in [1.165, 1.54) is 44.9 Å². The number of benzene rings is 1. The predicted octanol–water partition coefficient (Wildman–Crippen LogP) is 4.37. The van der Waals surface area contributed by atoms with E-state index in [1.807, 2.05) is 12.1 Å². The fourth-order valence-electron chi connectivity index (χ4n) is 3.95. The molecule has 2 aromatic rings. The monoisotopic (exact) mass is 442 g/mol. The van der Waals surface area contributed by atoms with Crippen molar-refractivity contribution in [1.29, 1.82) is 0 Å². The molecule has 1 unspecified atom stereocenters. The van der Waals surface area contributed by atoms with Crippen molar-refractivity contribution in [2.24, 2.45) is 0 Å². The summed E-state index contributed by atoms with van der Waals surface area (Å²) in [5.74, 6) is 1.76. The summed E-state index contributed by atoms with van der Waals surface area (Å²) in [5.41, 5.74) is 0.946. The molecule has 1 aromatic carbocycles. The van der Waals surface area contributed by atoms with Crippen molar-refractivity contribution in [3.63, 3.8) is 0 Å². The van der Waals surface area contributed by atoms with Gasteiger partial charge in [0.2, 0.25) is 0 Å². The van der Waals surface area contributed by atoms with Crippen LogP contribution in [0, 0.1) is 0 Å². The van der Waals surface area contributed by atoms with E-state index in [4.69, 9.17) is 9.47 Å². The number of nitrogens with zero attached hydrogens (tertiary/aromatic N) is 2. The minimum atomic E-state index is 0. The van der Waals surface area contributed by atoms with Gasteiger partial charge in [-0.2, -0.15) is 0 Å². The number of morpholine rings is 1. The van der Waals surface area contributed by atoms with Crippen LogP contribution in [0.25, 0.3) is 10.9 Å². The highest BCUT2D eigenvalue weighted by Gasteiger charge is 2.16. The van der Waals surface area contributed by atoms with Crippen LogP contribution in [0.1, 0.15) is 44.9 Å². The topological polar surface area (TPSA) is 68.3 Å². The molecule has 162 valence electrons. The fraction of sp³-hybridized carbons (Fsp3) is 0.619. The standard InChI is InChI=1S/C21H30N4O2.2ClH/c1-2-4-6-16(7-5-3-1)25-21-19-12-17(8-9-20(19)23-15-24-21)27-14-18-13-22-10-11-26-18;;/h8-9,12,15-16,18,22H,1-7,10-11,13-14H2,(H,23,24,25);2*1H. The smallest absolute Gasteiger partial charge is 0.137 e. The summed E-state index contributed by atoms with van der Waals surface area (Å²) in [6, 6.07) is 6.53. The lowest BCUT2D eigenvalue weighted by Gasteiger charge is -2.24. The Kier molecular flexibility index (Phi) is 10.2. The third-order valence-electron chi connectivity index (χ3n) is 5.49. The molecule has 2 N–H and O–H groups in total. The molecule has 1 saturated heterocycles. The van der Waals surface area contributed by atoms with Crippen LogP contribution < -0.4 is 15.4 Å². The molecule has 0 spiro atoms. The van der Waals surface area contributed by atoms with Crippen molar-refractivity contribution in [3.8, 4) is 5.75 Å². The second-order valence-electron chi connectivity index (χ2n) is 7.60. The summed E-state index contributed by atoms with van der Waals surface area (Å²) < 4.78 is 11.7. The molecule has 1 saturated carbocycles. The van der Waals surface area contributed by atoms with Gasteiger partial charge in [-0.15, -0.1) is 24.8 Å². The van der Waals surface area contributed by atoms with Gasteiger partial charge in [-0.1, -0.05) is 32.1 Å². The van der Waals surface area contributed by atoms with E-state index >= 15 is 0 Å². The van der Waals surface area contributed by atoms with Gasteiger partial charge in [0.1, 0.15) is 30.6 Å². The fourth-order valence-corrected chi connectivity index (χ4v) is 3.95. The number of anilines is 1. The molecule has 1 atom stereocenters. The van der Waals surface area contributed by atoms with Crippen LogP contribution in [0.4, 0.5) is 5.82 Å². The van der Waals surface area contributed by atoms with Crippen LogP contribution in [-0.2, 0) is 4.74 Å². The lowest BCUT2D eigenvalue weighted by molar-refractivity contribution is 0.000223. The average molecular weight is 443 g/mol. The largest absolute Gasteiger partial charge is 0.491 e. The molecule has 6 nitrogen and oxygen atoms in total. The molecule has 0 amide bonds. The zero-order valence-electron chi connectivity index (χ0n) is 16.8. The van der Waals surface area contributed by atoms with E-state index in [9.17, 15) is 0 Å². The van der Waals surface area contributed by atoms with Crippen LogP contribution in [0.2, 0.25) is 0 Å². The molecule has 29 heavy (non-hydrogen) atoms. The second kappa shape index (κ2) is 12.4. The third kappa shape index (κ3) is 6.85. The summed E-state index contributed by atoms with van der Waals surface area (Å²) in [4.78, 5) is 8.95. The first kappa shape index (κ1) is 23.9. The van der Waals surface area contributed by atoms with Crippen LogP contribution in [0.5, 0.6) is 5.75 Å². The van der Waals surface area contributed by atoms with Gasteiger partial charge in [-0.25, -0.2) is 9.97 Å². The first-order chi connectivity index (χ1) is 13.4. The number of fused-ring (bicyclic) bond motifs is 1. The third-order valence-corrected chi connectivity index (χ3v) is 5.49. The molecule has 1 aliphatic heterocycles. The summed E-state index contributed by atoms with van der Waals surface area (Å²) in [7, 11) is 0. The maximum atomic E-state index is 5.99. The molecule has 2 heterocycles. The maximum absolute atomic E-state index is 5.99. The number of halogens is 2. The van der Waals surface area contributed by atoms with E-state index in [1.54, 1.807) is 6.33 Å². The predicted molar refractivity (Wildman–Crippen MR) is 122 cm³/mol.